The maximum Gasteiger partial charge on any atom is 0.214 e. The van der Waals surface area contributed by atoms with Gasteiger partial charge in [0.25, 0.3) is 0 Å². The molecule has 1 fully saturated rings. The first-order chi connectivity index (χ1) is 12.9. The summed E-state index contributed by atoms with van der Waals surface area (Å²) in [5.41, 5.74) is 2.17. The summed E-state index contributed by atoms with van der Waals surface area (Å²) in [4.78, 5) is 4.30. The molecule has 2 unspecified atom stereocenters. The minimum Gasteiger partial charge on any atom is -0.470 e. The Morgan fingerprint density at radius 3 is 2.70 bits per heavy atom. The number of nitrogens with zero attached hydrogens (tertiary/aromatic N) is 2. The highest BCUT2D eigenvalue weighted by atomic mass is 32.2. The van der Waals surface area contributed by atoms with Crippen LogP contribution in [0.1, 0.15) is 19.4 Å². The minimum absolute atomic E-state index is 0.254. The molecule has 3 rings (SSSR count). The summed E-state index contributed by atoms with van der Waals surface area (Å²) < 4.78 is 38.0. The van der Waals surface area contributed by atoms with Crippen molar-refractivity contribution < 1.29 is 17.9 Å². The summed E-state index contributed by atoms with van der Waals surface area (Å²) in [7, 11) is -3.42. The first-order valence-electron chi connectivity index (χ1n) is 8.62. The van der Waals surface area contributed by atoms with E-state index in [-0.39, 0.29) is 13.2 Å². The number of pyridine rings is 1. The van der Waals surface area contributed by atoms with Crippen molar-refractivity contribution in [1.29, 1.82) is 5.26 Å². The standard InChI is InChI=1S/C19H21N3O4S/c1-13(2)27(23,24)22-17-11-25-12-18(17)26-19-8-7-15(10-21-19)16-6-4-3-5-14(16)9-20/h3-8,10,13,17-18,22H,11-12H2,1-2H3. The molecule has 0 amide bonds. The third-order valence-electron chi connectivity index (χ3n) is 4.33. The fourth-order valence-corrected chi connectivity index (χ4v) is 3.62. The van der Waals surface area contributed by atoms with Gasteiger partial charge in [-0.05, 0) is 26.0 Å². The maximum atomic E-state index is 12.1. The van der Waals surface area contributed by atoms with E-state index in [1.165, 1.54) is 0 Å². The van der Waals surface area contributed by atoms with Crippen LogP contribution in [0.4, 0.5) is 0 Å². The molecule has 7 nitrogen and oxygen atoms in total. The molecule has 142 valence electrons. The predicted octanol–water partition coefficient (Wildman–Crippen LogP) is 2.09. The number of sulfonamides is 1. The number of ether oxygens (including phenoxy) is 2. The number of nitrogens with one attached hydrogen (secondary N) is 1. The Hall–Kier alpha value is -2.47. The van der Waals surface area contributed by atoms with Crippen LogP contribution in [0.15, 0.2) is 42.6 Å². The number of hydrogen-bond acceptors (Lipinski definition) is 6. The molecule has 0 radical (unpaired) electrons. The molecule has 1 N–H and O–H groups in total. The molecule has 1 aliphatic heterocycles. The number of nitriles is 1. The Kier molecular flexibility index (Phi) is 5.75. The average Bonchev–Trinajstić information content (AvgIpc) is 3.08. The van der Waals surface area contributed by atoms with E-state index < -0.39 is 27.4 Å². The summed E-state index contributed by atoms with van der Waals surface area (Å²) in [6.07, 6.45) is 1.18. The topological polar surface area (TPSA) is 101 Å². The first-order valence-corrected chi connectivity index (χ1v) is 10.2. The predicted molar refractivity (Wildman–Crippen MR) is 101 cm³/mol. The highest BCUT2D eigenvalue weighted by molar-refractivity contribution is 7.90. The fraction of sp³-hybridized carbons (Fsp3) is 0.368. The van der Waals surface area contributed by atoms with E-state index in [9.17, 15) is 13.7 Å². The number of hydrogen-bond donors (Lipinski definition) is 1. The molecular formula is C19H21N3O4S. The van der Waals surface area contributed by atoms with Gasteiger partial charge in [-0.3, -0.25) is 0 Å². The van der Waals surface area contributed by atoms with Gasteiger partial charge < -0.3 is 9.47 Å². The Bertz CT molecular complexity index is 936. The van der Waals surface area contributed by atoms with Crippen molar-refractivity contribution in [3.05, 3.63) is 48.2 Å². The molecular weight excluding hydrogens is 366 g/mol. The number of aromatic nitrogens is 1. The number of rotatable bonds is 6. The van der Waals surface area contributed by atoms with Crippen LogP contribution in [0.2, 0.25) is 0 Å². The van der Waals surface area contributed by atoms with Gasteiger partial charge in [0, 0.05) is 23.4 Å². The van der Waals surface area contributed by atoms with E-state index in [0.29, 0.717) is 11.4 Å². The first kappa shape index (κ1) is 19.3. The second-order valence-electron chi connectivity index (χ2n) is 6.55. The van der Waals surface area contributed by atoms with E-state index >= 15 is 0 Å². The quantitative estimate of drug-likeness (QED) is 0.814. The van der Waals surface area contributed by atoms with E-state index in [1.54, 1.807) is 32.2 Å². The van der Waals surface area contributed by atoms with Crippen molar-refractivity contribution in [1.82, 2.24) is 9.71 Å². The molecule has 2 atom stereocenters. The molecule has 0 saturated carbocycles. The lowest BCUT2D eigenvalue weighted by Gasteiger charge is -2.21. The van der Waals surface area contributed by atoms with Crippen molar-refractivity contribution in [2.75, 3.05) is 13.2 Å². The Morgan fingerprint density at radius 2 is 2.04 bits per heavy atom. The van der Waals surface area contributed by atoms with Crippen LogP contribution in [-0.2, 0) is 14.8 Å². The monoisotopic (exact) mass is 387 g/mol. The molecule has 1 aromatic carbocycles. The van der Waals surface area contributed by atoms with Gasteiger partial charge >= 0.3 is 0 Å². The smallest absolute Gasteiger partial charge is 0.214 e. The van der Waals surface area contributed by atoms with Crippen LogP contribution in [0.3, 0.4) is 0 Å². The third-order valence-corrected chi connectivity index (χ3v) is 6.20. The van der Waals surface area contributed by atoms with Gasteiger partial charge in [-0.25, -0.2) is 18.1 Å². The van der Waals surface area contributed by atoms with Crippen LogP contribution in [0.25, 0.3) is 11.1 Å². The van der Waals surface area contributed by atoms with Crippen molar-refractivity contribution in [3.63, 3.8) is 0 Å². The summed E-state index contributed by atoms with van der Waals surface area (Å²) in [5.74, 6) is 0.373. The Morgan fingerprint density at radius 1 is 1.26 bits per heavy atom. The van der Waals surface area contributed by atoms with Gasteiger partial charge in [0.1, 0.15) is 6.10 Å². The zero-order chi connectivity index (χ0) is 19.4. The molecule has 0 bridgehead atoms. The van der Waals surface area contributed by atoms with Crippen LogP contribution < -0.4 is 9.46 Å². The highest BCUT2D eigenvalue weighted by Crippen LogP contribution is 2.24. The molecule has 8 heteroatoms. The summed E-state index contributed by atoms with van der Waals surface area (Å²) in [6, 6.07) is 12.5. The van der Waals surface area contributed by atoms with Crippen LogP contribution in [-0.4, -0.2) is 44.0 Å². The minimum atomic E-state index is -3.42. The molecule has 1 aliphatic rings. The lowest BCUT2D eigenvalue weighted by atomic mass is 10.0. The van der Waals surface area contributed by atoms with Crippen molar-refractivity contribution in [3.8, 4) is 23.1 Å². The van der Waals surface area contributed by atoms with Crippen LogP contribution >= 0.6 is 0 Å². The van der Waals surface area contributed by atoms with Gasteiger partial charge in [0.15, 0.2) is 0 Å². The highest BCUT2D eigenvalue weighted by Gasteiger charge is 2.34. The van der Waals surface area contributed by atoms with E-state index in [0.717, 1.165) is 11.1 Å². The SMILES string of the molecule is CC(C)S(=O)(=O)NC1COCC1Oc1ccc(-c2ccccc2C#N)cn1. The zero-order valence-electron chi connectivity index (χ0n) is 15.1. The Labute approximate surface area is 159 Å². The van der Waals surface area contributed by atoms with Gasteiger partial charge in [-0.1, -0.05) is 18.2 Å². The van der Waals surface area contributed by atoms with Gasteiger partial charge in [0.05, 0.1) is 36.1 Å². The average molecular weight is 387 g/mol. The van der Waals surface area contributed by atoms with Crippen molar-refractivity contribution >= 4 is 10.0 Å². The van der Waals surface area contributed by atoms with Gasteiger partial charge in [0.2, 0.25) is 15.9 Å². The lowest BCUT2D eigenvalue weighted by Crippen LogP contribution is -2.47. The molecule has 0 aliphatic carbocycles. The summed E-state index contributed by atoms with van der Waals surface area (Å²) in [6.45, 7) is 3.77. The summed E-state index contributed by atoms with van der Waals surface area (Å²) in [5, 5.41) is 8.69. The second kappa shape index (κ2) is 8.05. The second-order valence-corrected chi connectivity index (χ2v) is 8.82. The third kappa shape index (κ3) is 4.45. The number of benzene rings is 1. The van der Waals surface area contributed by atoms with Crippen LogP contribution in [0, 0.1) is 11.3 Å². The zero-order valence-corrected chi connectivity index (χ0v) is 15.9. The van der Waals surface area contributed by atoms with Crippen molar-refractivity contribution in [2.24, 2.45) is 0 Å². The molecule has 1 aromatic heterocycles. The fourth-order valence-electron chi connectivity index (χ4n) is 2.70. The van der Waals surface area contributed by atoms with Gasteiger partial charge in [-0.2, -0.15) is 5.26 Å². The largest absolute Gasteiger partial charge is 0.470 e. The van der Waals surface area contributed by atoms with E-state index in [4.69, 9.17) is 9.47 Å². The molecule has 2 aromatic rings. The van der Waals surface area contributed by atoms with Gasteiger partial charge in [-0.15, -0.1) is 0 Å². The Balaban J connectivity index is 1.72. The normalized spacial score (nSPS) is 19.8. The van der Waals surface area contributed by atoms with Crippen LogP contribution in [0.5, 0.6) is 5.88 Å². The van der Waals surface area contributed by atoms with E-state index in [1.807, 2.05) is 24.3 Å². The molecule has 2 heterocycles. The summed E-state index contributed by atoms with van der Waals surface area (Å²) >= 11 is 0. The molecule has 0 spiro atoms. The molecule has 1 saturated heterocycles. The van der Waals surface area contributed by atoms with Crippen molar-refractivity contribution in [2.45, 2.75) is 31.2 Å². The lowest BCUT2D eigenvalue weighted by molar-refractivity contribution is 0.136. The molecule has 27 heavy (non-hydrogen) atoms. The maximum absolute atomic E-state index is 12.1. The van der Waals surface area contributed by atoms with E-state index in [2.05, 4.69) is 15.8 Å².